The minimum absolute atomic E-state index is 0.191. The molecule has 0 saturated carbocycles. The fourth-order valence-corrected chi connectivity index (χ4v) is 4.75. The van der Waals surface area contributed by atoms with Gasteiger partial charge >= 0.3 is 0 Å². The molecule has 0 bridgehead atoms. The van der Waals surface area contributed by atoms with Crippen LogP contribution in [0.25, 0.3) is 33.5 Å². The van der Waals surface area contributed by atoms with Gasteiger partial charge in [-0.3, -0.25) is 5.10 Å². The monoisotopic (exact) mass is 450 g/mol. The number of ether oxygens (including phenoxy) is 1. The summed E-state index contributed by atoms with van der Waals surface area (Å²) in [5, 5.41) is 8.12. The number of imidazole rings is 1. The maximum atomic E-state index is 13.5. The van der Waals surface area contributed by atoms with Crippen molar-refractivity contribution in [1.29, 1.82) is 0 Å². The van der Waals surface area contributed by atoms with E-state index in [1.165, 1.54) is 17.8 Å². The molecular formula is C25H31FN6O. The molecule has 5 rings (SSSR count). The van der Waals surface area contributed by atoms with Crippen LogP contribution in [0.15, 0.2) is 36.4 Å². The van der Waals surface area contributed by atoms with Crippen molar-refractivity contribution in [3.8, 4) is 11.5 Å². The van der Waals surface area contributed by atoms with Crippen LogP contribution in [0.4, 0.5) is 10.1 Å². The van der Waals surface area contributed by atoms with Crippen molar-refractivity contribution in [2.24, 2.45) is 0 Å². The first kappa shape index (κ1) is 21.9. The first-order chi connectivity index (χ1) is 16.1. The minimum atomic E-state index is -0.290. The number of rotatable bonds is 7. The van der Waals surface area contributed by atoms with E-state index in [0.717, 1.165) is 55.6 Å². The Kier molecular flexibility index (Phi) is 6.03. The lowest BCUT2D eigenvalue weighted by Crippen LogP contribution is -2.52. The summed E-state index contributed by atoms with van der Waals surface area (Å²) in [6, 6.07) is 11.3. The SMILES string of the molecule is CC[C@H]1CO[C@H](CN(CC)CC)CN1c1ccc2nc(-c3n[nH]c4cc(F)ccc34)[nH]c2c1. The Balaban J connectivity index is 1.44. The van der Waals surface area contributed by atoms with Crippen LogP contribution in [0, 0.1) is 5.82 Å². The van der Waals surface area contributed by atoms with Crippen molar-refractivity contribution in [3.05, 3.63) is 42.2 Å². The second-order valence-electron chi connectivity index (χ2n) is 8.70. The van der Waals surface area contributed by atoms with Gasteiger partial charge in [-0.2, -0.15) is 5.10 Å². The van der Waals surface area contributed by atoms with E-state index in [0.29, 0.717) is 23.1 Å². The van der Waals surface area contributed by atoms with Crippen LogP contribution >= 0.6 is 0 Å². The smallest absolute Gasteiger partial charge is 0.159 e. The second kappa shape index (κ2) is 9.11. The van der Waals surface area contributed by atoms with Crippen molar-refractivity contribution in [3.63, 3.8) is 0 Å². The third-order valence-electron chi connectivity index (χ3n) is 6.74. The molecule has 8 heteroatoms. The third kappa shape index (κ3) is 4.20. The van der Waals surface area contributed by atoms with Gasteiger partial charge in [-0.15, -0.1) is 0 Å². The number of aromatic nitrogens is 4. The average Bonchev–Trinajstić information content (AvgIpc) is 3.45. The lowest BCUT2D eigenvalue weighted by Gasteiger charge is -2.42. The standard InChI is InChI=1S/C25H31FN6O/c1-4-17-15-33-19(13-31(5-2)6-3)14-32(17)18-8-10-21-23(12-18)28-25(27-21)24-20-9-7-16(26)11-22(20)29-30-24/h7-12,17,19H,4-6,13-15H2,1-3H3,(H,27,28)(H,29,30)/t17-,19+/m0/s1. The largest absolute Gasteiger partial charge is 0.373 e. The summed E-state index contributed by atoms with van der Waals surface area (Å²) in [6.45, 7) is 11.2. The topological polar surface area (TPSA) is 73.1 Å². The van der Waals surface area contributed by atoms with Gasteiger partial charge in [0.15, 0.2) is 5.82 Å². The molecule has 0 radical (unpaired) electrons. The van der Waals surface area contributed by atoms with Crippen LogP contribution in [0.1, 0.15) is 27.2 Å². The number of fused-ring (bicyclic) bond motifs is 2. The highest BCUT2D eigenvalue weighted by atomic mass is 19.1. The van der Waals surface area contributed by atoms with Gasteiger partial charge < -0.3 is 19.5 Å². The van der Waals surface area contributed by atoms with Gasteiger partial charge in [0.05, 0.1) is 35.3 Å². The van der Waals surface area contributed by atoms with Gasteiger partial charge in [0.25, 0.3) is 0 Å². The molecule has 2 atom stereocenters. The molecule has 1 aliphatic rings. The predicted octanol–water partition coefficient (Wildman–Crippen LogP) is 4.57. The third-order valence-corrected chi connectivity index (χ3v) is 6.74. The summed E-state index contributed by atoms with van der Waals surface area (Å²) in [5.41, 5.74) is 4.37. The van der Waals surface area contributed by atoms with E-state index in [4.69, 9.17) is 9.72 Å². The van der Waals surface area contributed by atoms with Gasteiger partial charge in [-0.05, 0) is 55.9 Å². The molecular weight excluding hydrogens is 419 g/mol. The summed E-state index contributed by atoms with van der Waals surface area (Å²) >= 11 is 0. The zero-order valence-electron chi connectivity index (χ0n) is 19.4. The highest BCUT2D eigenvalue weighted by Crippen LogP contribution is 2.30. The first-order valence-electron chi connectivity index (χ1n) is 11.8. The Bertz CT molecular complexity index is 1250. The number of H-pyrrole nitrogens is 2. The molecule has 7 nitrogen and oxygen atoms in total. The van der Waals surface area contributed by atoms with Gasteiger partial charge in [0.2, 0.25) is 0 Å². The molecule has 2 N–H and O–H groups in total. The van der Waals surface area contributed by atoms with Crippen LogP contribution in [0.5, 0.6) is 0 Å². The number of benzene rings is 2. The van der Waals surface area contributed by atoms with Crippen molar-refractivity contribution in [2.75, 3.05) is 37.7 Å². The summed E-state index contributed by atoms with van der Waals surface area (Å²) < 4.78 is 19.8. The lowest BCUT2D eigenvalue weighted by atomic mass is 10.1. The normalized spacial score (nSPS) is 19.2. The van der Waals surface area contributed by atoms with Crippen molar-refractivity contribution in [2.45, 2.75) is 39.3 Å². The van der Waals surface area contributed by atoms with Gasteiger partial charge in [0, 0.05) is 24.2 Å². The Hall–Kier alpha value is -2.97. The molecule has 1 aliphatic heterocycles. The van der Waals surface area contributed by atoms with Crippen LogP contribution in [0.2, 0.25) is 0 Å². The van der Waals surface area contributed by atoms with Crippen molar-refractivity contribution >= 4 is 27.6 Å². The molecule has 0 unspecified atom stereocenters. The summed E-state index contributed by atoms with van der Waals surface area (Å²) in [7, 11) is 0. The quantitative estimate of drug-likeness (QED) is 0.432. The maximum absolute atomic E-state index is 13.5. The van der Waals surface area contributed by atoms with Gasteiger partial charge in [0.1, 0.15) is 11.5 Å². The van der Waals surface area contributed by atoms with Crippen molar-refractivity contribution < 1.29 is 9.13 Å². The number of hydrogen-bond donors (Lipinski definition) is 2. The van der Waals surface area contributed by atoms with Crippen LogP contribution < -0.4 is 4.90 Å². The molecule has 174 valence electrons. The average molecular weight is 451 g/mol. The zero-order valence-corrected chi connectivity index (χ0v) is 19.4. The number of halogens is 1. The number of nitrogens with one attached hydrogen (secondary N) is 2. The number of anilines is 1. The molecule has 0 spiro atoms. The van der Waals surface area contributed by atoms with E-state index in [9.17, 15) is 4.39 Å². The lowest BCUT2D eigenvalue weighted by molar-refractivity contribution is -0.000799. The summed E-state index contributed by atoms with van der Waals surface area (Å²) in [5.74, 6) is 0.385. The molecule has 1 saturated heterocycles. The molecule has 33 heavy (non-hydrogen) atoms. The van der Waals surface area contributed by atoms with Gasteiger partial charge in [-0.25, -0.2) is 9.37 Å². The number of hydrogen-bond acceptors (Lipinski definition) is 5. The number of aromatic amines is 2. The molecule has 2 aromatic carbocycles. The maximum Gasteiger partial charge on any atom is 0.159 e. The van der Waals surface area contributed by atoms with E-state index < -0.39 is 0 Å². The van der Waals surface area contributed by atoms with E-state index in [1.54, 1.807) is 6.07 Å². The fourth-order valence-electron chi connectivity index (χ4n) is 4.75. The number of nitrogens with zero attached hydrogens (tertiary/aromatic N) is 4. The molecule has 0 amide bonds. The minimum Gasteiger partial charge on any atom is -0.373 e. The second-order valence-corrected chi connectivity index (χ2v) is 8.70. The highest BCUT2D eigenvalue weighted by molar-refractivity contribution is 5.93. The Morgan fingerprint density at radius 1 is 1.12 bits per heavy atom. The van der Waals surface area contributed by atoms with Gasteiger partial charge in [-0.1, -0.05) is 20.8 Å². The van der Waals surface area contributed by atoms with E-state index in [-0.39, 0.29) is 11.9 Å². The molecule has 1 fully saturated rings. The van der Waals surface area contributed by atoms with Crippen LogP contribution in [-0.4, -0.2) is 70.0 Å². The Labute approximate surface area is 192 Å². The highest BCUT2D eigenvalue weighted by Gasteiger charge is 2.29. The number of likely N-dealkylation sites (N-methyl/N-ethyl adjacent to an activating group) is 1. The molecule has 4 aromatic rings. The Morgan fingerprint density at radius 3 is 2.76 bits per heavy atom. The van der Waals surface area contributed by atoms with E-state index >= 15 is 0 Å². The summed E-state index contributed by atoms with van der Waals surface area (Å²) in [4.78, 5) is 13.1. The zero-order chi connectivity index (χ0) is 22.9. The molecule has 0 aliphatic carbocycles. The first-order valence-corrected chi connectivity index (χ1v) is 11.8. The Morgan fingerprint density at radius 2 is 1.97 bits per heavy atom. The predicted molar refractivity (Wildman–Crippen MR) is 130 cm³/mol. The van der Waals surface area contributed by atoms with Crippen molar-refractivity contribution in [1.82, 2.24) is 25.1 Å². The molecule has 2 aromatic heterocycles. The van der Waals surface area contributed by atoms with Crippen LogP contribution in [-0.2, 0) is 4.74 Å². The van der Waals surface area contributed by atoms with E-state index in [1.807, 2.05) is 0 Å². The van der Waals surface area contributed by atoms with E-state index in [2.05, 4.69) is 64.0 Å². The van der Waals surface area contributed by atoms with Crippen LogP contribution in [0.3, 0.4) is 0 Å². The summed E-state index contributed by atoms with van der Waals surface area (Å²) in [6.07, 6.45) is 1.22. The molecule has 3 heterocycles. The number of morpholine rings is 1. The fraction of sp³-hybridized carbons (Fsp3) is 0.440.